The molecule has 0 bridgehead atoms. The summed E-state index contributed by atoms with van der Waals surface area (Å²) in [6.07, 6.45) is 95.7. The van der Waals surface area contributed by atoms with Crippen LogP contribution >= 0.6 is 0 Å². The smallest absolute Gasteiger partial charge is 0.306 e. The topological polar surface area (TPSA) is 78.9 Å². The summed E-state index contributed by atoms with van der Waals surface area (Å²) in [5.41, 5.74) is 0. The van der Waals surface area contributed by atoms with Crippen LogP contribution in [-0.4, -0.2) is 37.2 Å². The molecule has 0 fully saturated rings. The van der Waals surface area contributed by atoms with Gasteiger partial charge < -0.3 is 14.2 Å². The maximum Gasteiger partial charge on any atom is 0.306 e. The number of rotatable bonds is 65. The van der Waals surface area contributed by atoms with Gasteiger partial charge in [-0.25, -0.2) is 0 Å². The van der Waals surface area contributed by atoms with Gasteiger partial charge >= 0.3 is 17.9 Å². The molecular formula is C77H134O6. The normalized spacial score (nSPS) is 12.7. The second-order valence-electron chi connectivity index (χ2n) is 23.8. The summed E-state index contributed by atoms with van der Waals surface area (Å²) in [6, 6.07) is 0. The van der Waals surface area contributed by atoms with Gasteiger partial charge in [-0.2, -0.15) is 0 Å². The molecule has 0 aromatic heterocycles. The van der Waals surface area contributed by atoms with Gasteiger partial charge in [0.15, 0.2) is 6.10 Å². The average Bonchev–Trinajstić information content (AvgIpc) is 3.49. The lowest BCUT2D eigenvalue weighted by molar-refractivity contribution is -0.167. The molecule has 0 N–H and O–H groups in total. The molecule has 83 heavy (non-hydrogen) atoms. The van der Waals surface area contributed by atoms with E-state index in [-0.39, 0.29) is 31.1 Å². The minimum atomic E-state index is -0.782. The fraction of sp³-hybridized carbons (Fsp3) is 0.753. The largest absolute Gasteiger partial charge is 0.462 e. The quantitative estimate of drug-likeness (QED) is 0.0261. The molecule has 0 aromatic rings. The molecule has 0 rings (SSSR count). The Bertz CT molecular complexity index is 1610. The first kappa shape index (κ1) is 79.3. The molecule has 6 nitrogen and oxygen atoms in total. The van der Waals surface area contributed by atoms with Crippen LogP contribution in [0.5, 0.6) is 0 Å². The number of carbonyl (C=O) groups excluding carboxylic acids is 3. The zero-order chi connectivity index (χ0) is 59.9. The highest BCUT2D eigenvalue weighted by Crippen LogP contribution is 2.18. The van der Waals surface area contributed by atoms with Crippen molar-refractivity contribution in [2.24, 2.45) is 0 Å². The van der Waals surface area contributed by atoms with E-state index in [1.807, 2.05) is 0 Å². The van der Waals surface area contributed by atoms with E-state index >= 15 is 0 Å². The monoisotopic (exact) mass is 1160 g/mol. The van der Waals surface area contributed by atoms with Crippen LogP contribution in [-0.2, 0) is 28.6 Å². The van der Waals surface area contributed by atoms with E-state index in [1.54, 1.807) is 0 Å². The Morgan fingerprint density at radius 3 is 0.735 bits per heavy atom. The summed E-state index contributed by atoms with van der Waals surface area (Å²) < 4.78 is 17.0. The second-order valence-corrected chi connectivity index (χ2v) is 23.8. The Kier molecular flexibility index (Phi) is 67.7. The molecule has 0 amide bonds. The maximum atomic E-state index is 13.0. The van der Waals surface area contributed by atoms with Gasteiger partial charge in [-0.3, -0.25) is 14.4 Å². The van der Waals surface area contributed by atoms with Gasteiger partial charge in [0.05, 0.1) is 0 Å². The van der Waals surface area contributed by atoms with Crippen molar-refractivity contribution in [3.8, 4) is 0 Å². The SMILES string of the molecule is CC/C=C\C/C=C\C/C=C\C/C=C\C/C=C\C/C=C\C/C=C\C/C=C\CCCCCCCCC(=O)OCC(COC(=O)CCCCCCCCCCCCCCCCC)OC(=O)CCCCCCCCCCCCCCCCCCCCC. The zero-order valence-electron chi connectivity index (χ0n) is 54.9. The second kappa shape index (κ2) is 70.8. The summed E-state index contributed by atoms with van der Waals surface area (Å²) in [7, 11) is 0. The summed E-state index contributed by atoms with van der Waals surface area (Å²) in [4.78, 5) is 38.5. The molecule has 0 radical (unpaired) electrons. The van der Waals surface area contributed by atoms with Crippen LogP contribution in [0, 0.1) is 0 Å². The lowest BCUT2D eigenvalue weighted by atomic mass is 10.0. The lowest BCUT2D eigenvalue weighted by Crippen LogP contribution is -2.30. The van der Waals surface area contributed by atoms with E-state index in [0.29, 0.717) is 19.3 Å². The van der Waals surface area contributed by atoms with Gasteiger partial charge in [-0.05, 0) is 83.5 Å². The molecule has 0 aliphatic rings. The Labute approximate surface area is 515 Å². The molecule has 0 saturated carbocycles. The van der Waals surface area contributed by atoms with Crippen LogP contribution in [0.1, 0.15) is 355 Å². The zero-order valence-corrected chi connectivity index (χ0v) is 54.9. The van der Waals surface area contributed by atoms with Crippen LogP contribution in [0.4, 0.5) is 0 Å². The molecule has 1 unspecified atom stereocenters. The number of unbranched alkanes of at least 4 members (excludes halogenated alkanes) is 38. The Morgan fingerprint density at radius 1 is 0.253 bits per heavy atom. The minimum absolute atomic E-state index is 0.0766. The highest BCUT2D eigenvalue weighted by atomic mass is 16.6. The summed E-state index contributed by atoms with van der Waals surface area (Å²) >= 11 is 0. The van der Waals surface area contributed by atoms with Crippen LogP contribution in [0.3, 0.4) is 0 Å². The predicted octanol–water partition coefficient (Wildman–Crippen LogP) is 24.8. The molecule has 478 valence electrons. The van der Waals surface area contributed by atoms with Crippen molar-refractivity contribution in [3.05, 3.63) is 97.2 Å². The number of ether oxygens (including phenoxy) is 3. The molecular weight excluding hydrogens is 1020 g/mol. The lowest BCUT2D eigenvalue weighted by Gasteiger charge is -2.18. The molecule has 0 aliphatic heterocycles. The molecule has 0 saturated heterocycles. The Hall–Kier alpha value is -3.67. The highest BCUT2D eigenvalue weighted by molar-refractivity contribution is 5.71. The number of hydrogen-bond acceptors (Lipinski definition) is 6. The van der Waals surface area contributed by atoms with Crippen molar-refractivity contribution in [1.29, 1.82) is 0 Å². The minimum Gasteiger partial charge on any atom is -0.462 e. The van der Waals surface area contributed by atoms with Crippen molar-refractivity contribution >= 4 is 17.9 Å². The van der Waals surface area contributed by atoms with E-state index < -0.39 is 6.10 Å². The number of hydrogen-bond donors (Lipinski definition) is 0. The van der Waals surface area contributed by atoms with E-state index in [1.165, 1.54) is 193 Å². The van der Waals surface area contributed by atoms with Crippen LogP contribution in [0.15, 0.2) is 97.2 Å². The number of carbonyl (C=O) groups is 3. The summed E-state index contributed by atoms with van der Waals surface area (Å²) in [5.74, 6) is -0.871. The van der Waals surface area contributed by atoms with Gasteiger partial charge in [0.25, 0.3) is 0 Å². The van der Waals surface area contributed by atoms with Crippen LogP contribution < -0.4 is 0 Å². The van der Waals surface area contributed by atoms with E-state index in [2.05, 4.69) is 118 Å². The fourth-order valence-electron chi connectivity index (χ4n) is 10.3. The van der Waals surface area contributed by atoms with Crippen molar-refractivity contribution < 1.29 is 28.6 Å². The Balaban J connectivity index is 4.33. The molecule has 0 aliphatic carbocycles. The number of esters is 3. The highest BCUT2D eigenvalue weighted by Gasteiger charge is 2.19. The van der Waals surface area contributed by atoms with Gasteiger partial charge in [0.1, 0.15) is 13.2 Å². The maximum absolute atomic E-state index is 13.0. The van der Waals surface area contributed by atoms with Gasteiger partial charge in [0.2, 0.25) is 0 Å². The molecule has 0 heterocycles. The standard InChI is InChI=1S/C77H134O6/c1-4-7-10-13-16-19-22-25-28-30-32-33-34-35-36-37-38-39-40-41-42-43-45-46-49-52-55-58-61-64-67-70-76(79)82-73-74(72-81-75(78)69-66-63-60-57-54-51-48-27-24-21-18-15-12-9-6-3)83-77(80)71-68-65-62-59-56-53-50-47-44-31-29-26-23-20-17-14-11-8-5-2/h7,10,16,19,25,28,32-33,35-36,38-39,41-42,45-46,74H,4-6,8-9,11-15,17-18,20-24,26-27,29-31,34,37,40,43-44,47-73H2,1-3H3/b10-7-,19-16-,28-25-,33-32-,36-35-,39-38-,42-41-,46-45-. The summed E-state index contributed by atoms with van der Waals surface area (Å²) in [5, 5.41) is 0. The van der Waals surface area contributed by atoms with Crippen LogP contribution in [0.25, 0.3) is 0 Å². The van der Waals surface area contributed by atoms with Gasteiger partial charge in [0, 0.05) is 19.3 Å². The van der Waals surface area contributed by atoms with Crippen LogP contribution in [0.2, 0.25) is 0 Å². The van der Waals surface area contributed by atoms with E-state index in [0.717, 1.165) is 122 Å². The first-order valence-electron chi connectivity index (χ1n) is 35.7. The van der Waals surface area contributed by atoms with Gasteiger partial charge in [-0.1, -0.05) is 349 Å². The molecule has 0 spiro atoms. The van der Waals surface area contributed by atoms with Crippen molar-refractivity contribution in [3.63, 3.8) is 0 Å². The Morgan fingerprint density at radius 2 is 0.470 bits per heavy atom. The predicted molar refractivity (Wildman–Crippen MR) is 362 cm³/mol. The van der Waals surface area contributed by atoms with Crippen molar-refractivity contribution in [2.45, 2.75) is 361 Å². The van der Waals surface area contributed by atoms with Gasteiger partial charge in [-0.15, -0.1) is 0 Å². The molecule has 0 aromatic carbocycles. The first-order chi connectivity index (χ1) is 41.0. The molecule has 6 heteroatoms. The van der Waals surface area contributed by atoms with E-state index in [4.69, 9.17) is 14.2 Å². The fourth-order valence-corrected chi connectivity index (χ4v) is 10.3. The third kappa shape index (κ3) is 69.0. The number of allylic oxidation sites excluding steroid dienone is 16. The average molecular weight is 1160 g/mol. The third-order valence-electron chi connectivity index (χ3n) is 15.6. The van der Waals surface area contributed by atoms with Crippen molar-refractivity contribution in [2.75, 3.05) is 13.2 Å². The third-order valence-corrected chi connectivity index (χ3v) is 15.6. The van der Waals surface area contributed by atoms with Crippen molar-refractivity contribution in [1.82, 2.24) is 0 Å². The molecule has 1 atom stereocenters. The summed E-state index contributed by atoms with van der Waals surface area (Å²) in [6.45, 7) is 6.57. The first-order valence-corrected chi connectivity index (χ1v) is 35.7. The van der Waals surface area contributed by atoms with E-state index in [9.17, 15) is 14.4 Å².